The van der Waals surface area contributed by atoms with Gasteiger partial charge in [-0.15, -0.1) is 11.8 Å². The zero-order chi connectivity index (χ0) is 14.2. The van der Waals surface area contributed by atoms with Crippen LogP contribution in [-0.2, 0) is 6.42 Å². The molecule has 0 saturated heterocycles. The third-order valence-corrected chi connectivity index (χ3v) is 4.15. The van der Waals surface area contributed by atoms with Crippen LogP contribution in [0.5, 0.6) is 0 Å². The highest BCUT2D eigenvalue weighted by Gasteiger charge is 2.10. The molecule has 1 atom stereocenters. The van der Waals surface area contributed by atoms with Crippen molar-refractivity contribution in [1.82, 2.24) is 5.32 Å². The predicted octanol–water partition coefficient (Wildman–Crippen LogP) is 4.12. The summed E-state index contributed by atoms with van der Waals surface area (Å²) in [5.74, 6) is 0.733. The molecule has 0 bridgehead atoms. The minimum Gasteiger partial charge on any atom is -0.472 e. The van der Waals surface area contributed by atoms with E-state index in [2.05, 4.69) is 12.2 Å². The molecule has 0 amide bonds. The normalized spacial score (nSPS) is 12.5. The van der Waals surface area contributed by atoms with Crippen molar-refractivity contribution in [1.29, 1.82) is 0 Å². The van der Waals surface area contributed by atoms with E-state index in [-0.39, 0.29) is 5.82 Å². The van der Waals surface area contributed by atoms with Crippen molar-refractivity contribution >= 4 is 11.8 Å². The number of hydrogen-bond acceptors (Lipinski definition) is 3. The smallest absolute Gasteiger partial charge is 0.124 e. The van der Waals surface area contributed by atoms with E-state index in [0.717, 1.165) is 30.0 Å². The molecule has 0 aliphatic rings. The highest BCUT2D eigenvalue weighted by molar-refractivity contribution is 7.99. The minimum atomic E-state index is -0.178. The first-order valence-electron chi connectivity index (χ1n) is 6.90. The van der Waals surface area contributed by atoms with Gasteiger partial charge in [-0.25, -0.2) is 4.39 Å². The average Bonchev–Trinajstić information content (AvgIpc) is 2.95. The standard InChI is InChI=1S/C16H20FNOS/c1-2-7-18-15(9-13-6-8-19-11-13)12-20-16-5-3-4-14(17)10-16/h3-6,8,10-11,15,18H,2,7,9,12H2,1H3. The maximum absolute atomic E-state index is 13.2. The molecule has 0 saturated carbocycles. The van der Waals surface area contributed by atoms with Gasteiger partial charge in [-0.3, -0.25) is 0 Å². The molecule has 1 aromatic heterocycles. The number of thioether (sulfide) groups is 1. The summed E-state index contributed by atoms with van der Waals surface area (Å²) in [5.41, 5.74) is 1.19. The van der Waals surface area contributed by atoms with E-state index in [1.165, 1.54) is 11.6 Å². The summed E-state index contributed by atoms with van der Waals surface area (Å²) < 4.78 is 18.3. The van der Waals surface area contributed by atoms with Crippen molar-refractivity contribution in [3.05, 3.63) is 54.2 Å². The number of hydrogen-bond donors (Lipinski definition) is 1. The van der Waals surface area contributed by atoms with Crippen LogP contribution in [0.25, 0.3) is 0 Å². The van der Waals surface area contributed by atoms with Crippen LogP contribution in [0.2, 0.25) is 0 Å². The average molecular weight is 293 g/mol. The van der Waals surface area contributed by atoms with Gasteiger partial charge in [0.1, 0.15) is 5.82 Å². The second kappa shape index (κ2) is 8.12. The monoisotopic (exact) mass is 293 g/mol. The van der Waals surface area contributed by atoms with Crippen LogP contribution in [-0.4, -0.2) is 18.3 Å². The third kappa shape index (κ3) is 5.02. The second-order valence-electron chi connectivity index (χ2n) is 4.76. The molecule has 1 heterocycles. The van der Waals surface area contributed by atoms with Crippen molar-refractivity contribution < 1.29 is 8.81 Å². The summed E-state index contributed by atoms with van der Waals surface area (Å²) in [6.07, 6.45) is 5.52. The molecule has 0 radical (unpaired) electrons. The van der Waals surface area contributed by atoms with Gasteiger partial charge in [0, 0.05) is 16.7 Å². The van der Waals surface area contributed by atoms with Crippen LogP contribution in [0, 0.1) is 5.82 Å². The number of halogens is 1. The highest BCUT2D eigenvalue weighted by atomic mass is 32.2. The fourth-order valence-corrected chi connectivity index (χ4v) is 2.99. The molecule has 108 valence electrons. The topological polar surface area (TPSA) is 25.2 Å². The van der Waals surface area contributed by atoms with Crippen molar-refractivity contribution in [2.24, 2.45) is 0 Å². The van der Waals surface area contributed by atoms with Crippen LogP contribution in [0.15, 0.2) is 52.2 Å². The Bertz CT molecular complexity index is 501. The van der Waals surface area contributed by atoms with E-state index in [4.69, 9.17) is 4.42 Å². The number of furan rings is 1. The van der Waals surface area contributed by atoms with Crippen molar-refractivity contribution in [3.63, 3.8) is 0 Å². The Kier molecular flexibility index (Phi) is 6.15. The molecule has 4 heteroatoms. The predicted molar refractivity (Wildman–Crippen MR) is 81.6 cm³/mol. The van der Waals surface area contributed by atoms with Crippen LogP contribution in [0.4, 0.5) is 4.39 Å². The van der Waals surface area contributed by atoms with Gasteiger partial charge < -0.3 is 9.73 Å². The van der Waals surface area contributed by atoms with E-state index < -0.39 is 0 Å². The molecule has 20 heavy (non-hydrogen) atoms. The summed E-state index contributed by atoms with van der Waals surface area (Å²) in [6.45, 7) is 3.15. The Morgan fingerprint density at radius 3 is 2.95 bits per heavy atom. The van der Waals surface area contributed by atoms with E-state index in [0.29, 0.717) is 6.04 Å². The van der Waals surface area contributed by atoms with E-state index in [1.54, 1.807) is 36.4 Å². The fourth-order valence-electron chi connectivity index (χ4n) is 1.99. The van der Waals surface area contributed by atoms with Gasteiger partial charge in [-0.2, -0.15) is 0 Å². The van der Waals surface area contributed by atoms with Gasteiger partial charge in [0.2, 0.25) is 0 Å². The van der Waals surface area contributed by atoms with E-state index in [9.17, 15) is 4.39 Å². The van der Waals surface area contributed by atoms with Crippen LogP contribution in [0.3, 0.4) is 0 Å². The Hall–Kier alpha value is -1.26. The quantitative estimate of drug-likeness (QED) is 0.741. The summed E-state index contributed by atoms with van der Waals surface area (Å²) in [4.78, 5) is 0.973. The molecule has 0 aliphatic heterocycles. The van der Waals surface area contributed by atoms with Gasteiger partial charge in [-0.1, -0.05) is 13.0 Å². The molecule has 0 fully saturated rings. The zero-order valence-electron chi connectivity index (χ0n) is 11.6. The summed E-state index contributed by atoms with van der Waals surface area (Å²) >= 11 is 1.68. The molecule has 1 aromatic carbocycles. The lowest BCUT2D eigenvalue weighted by Gasteiger charge is -2.17. The van der Waals surface area contributed by atoms with Crippen LogP contribution < -0.4 is 5.32 Å². The first kappa shape index (κ1) is 15.1. The summed E-state index contributed by atoms with van der Waals surface area (Å²) in [5, 5.41) is 3.54. The number of benzene rings is 1. The Morgan fingerprint density at radius 2 is 2.25 bits per heavy atom. The van der Waals surface area contributed by atoms with Gasteiger partial charge in [0.25, 0.3) is 0 Å². The largest absolute Gasteiger partial charge is 0.472 e. The summed E-state index contributed by atoms with van der Waals surface area (Å²) in [7, 11) is 0. The molecule has 2 rings (SSSR count). The molecule has 2 aromatic rings. The SMILES string of the molecule is CCCNC(CSc1cccc(F)c1)Cc1ccoc1. The van der Waals surface area contributed by atoms with Crippen LogP contribution in [0.1, 0.15) is 18.9 Å². The molecule has 2 nitrogen and oxygen atoms in total. The van der Waals surface area contributed by atoms with Crippen LogP contribution >= 0.6 is 11.8 Å². The fraction of sp³-hybridized carbons (Fsp3) is 0.375. The Morgan fingerprint density at radius 1 is 1.35 bits per heavy atom. The van der Waals surface area contributed by atoms with Gasteiger partial charge >= 0.3 is 0 Å². The molecule has 1 N–H and O–H groups in total. The summed E-state index contributed by atoms with van der Waals surface area (Å²) in [6, 6.07) is 9.11. The molecule has 1 unspecified atom stereocenters. The van der Waals surface area contributed by atoms with E-state index >= 15 is 0 Å². The maximum atomic E-state index is 13.2. The third-order valence-electron chi connectivity index (χ3n) is 2.99. The maximum Gasteiger partial charge on any atom is 0.124 e. The highest BCUT2D eigenvalue weighted by Crippen LogP contribution is 2.20. The first-order chi connectivity index (χ1) is 9.78. The lowest BCUT2D eigenvalue weighted by Crippen LogP contribution is -2.33. The van der Waals surface area contributed by atoms with Gasteiger partial charge in [0.05, 0.1) is 12.5 Å². The van der Waals surface area contributed by atoms with E-state index in [1.807, 2.05) is 12.1 Å². The van der Waals surface area contributed by atoms with Gasteiger partial charge in [-0.05, 0) is 49.2 Å². The van der Waals surface area contributed by atoms with Crippen molar-refractivity contribution in [3.8, 4) is 0 Å². The molecule has 0 aliphatic carbocycles. The van der Waals surface area contributed by atoms with Crippen molar-refractivity contribution in [2.75, 3.05) is 12.3 Å². The first-order valence-corrected chi connectivity index (χ1v) is 7.89. The zero-order valence-corrected chi connectivity index (χ0v) is 12.5. The lowest BCUT2D eigenvalue weighted by molar-refractivity contribution is 0.536. The van der Waals surface area contributed by atoms with Crippen molar-refractivity contribution in [2.45, 2.75) is 30.7 Å². The molecule has 0 spiro atoms. The molecular weight excluding hydrogens is 273 g/mol. The number of rotatable bonds is 8. The second-order valence-corrected chi connectivity index (χ2v) is 5.85. The Balaban J connectivity index is 1.89. The lowest BCUT2D eigenvalue weighted by atomic mass is 10.1. The minimum absolute atomic E-state index is 0.178. The van der Waals surface area contributed by atoms with Gasteiger partial charge in [0.15, 0.2) is 0 Å². The molecular formula is C16H20FNOS. The Labute approximate surface area is 123 Å². The number of nitrogens with one attached hydrogen (secondary N) is 1.